The van der Waals surface area contributed by atoms with Crippen molar-refractivity contribution in [2.24, 2.45) is 0 Å². The number of phenols is 1. The number of hydrogen-bond donors (Lipinski definition) is 2. The molecule has 0 radical (unpaired) electrons. The zero-order chi connectivity index (χ0) is 10.8. The number of aromatic hydroxyl groups is 1. The molecule has 2 N–H and O–H groups in total. The zero-order valence-electron chi connectivity index (χ0n) is 8.42. The Hall–Kier alpha value is -1.25. The van der Waals surface area contributed by atoms with Gasteiger partial charge in [-0.25, -0.2) is 0 Å². The first-order valence-corrected chi connectivity index (χ1v) is 5.15. The average Bonchev–Trinajstić information content (AvgIpc) is 2.22. The number of nitrogens with one attached hydrogen (secondary N) is 1. The Kier molecular flexibility index (Phi) is 2.80. The predicted octanol–water partition coefficient (Wildman–Crippen LogP) is 2.92. The fourth-order valence-corrected chi connectivity index (χ4v) is 1.90. The van der Waals surface area contributed by atoms with Crippen LogP contribution in [0.3, 0.4) is 0 Å². The van der Waals surface area contributed by atoms with Crippen LogP contribution in [0.15, 0.2) is 30.3 Å². The van der Waals surface area contributed by atoms with Gasteiger partial charge in [0.15, 0.2) is 0 Å². The number of phenolic OH excluding ortho intramolecular Hbond substituents is 1. The molecular formula is C12H12ClNO. The summed E-state index contributed by atoms with van der Waals surface area (Å²) in [6.07, 6.45) is 0. The maximum atomic E-state index is 9.74. The van der Waals surface area contributed by atoms with E-state index in [1.165, 1.54) is 0 Å². The lowest BCUT2D eigenvalue weighted by molar-refractivity contribution is 0.467. The van der Waals surface area contributed by atoms with Gasteiger partial charge in [-0.3, -0.25) is 0 Å². The summed E-state index contributed by atoms with van der Waals surface area (Å²) < 4.78 is 0. The van der Waals surface area contributed by atoms with Gasteiger partial charge in [0.2, 0.25) is 0 Å². The van der Waals surface area contributed by atoms with Gasteiger partial charge in [0, 0.05) is 17.1 Å². The molecule has 0 aliphatic heterocycles. The lowest BCUT2D eigenvalue weighted by atomic mass is 10.0. The van der Waals surface area contributed by atoms with E-state index in [4.69, 9.17) is 11.6 Å². The van der Waals surface area contributed by atoms with Gasteiger partial charge in [0.25, 0.3) is 0 Å². The highest BCUT2D eigenvalue weighted by Gasteiger charge is 2.05. The minimum Gasteiger partial charge on any atom is -0.508 e. The summed E-state index contributed by atoms with van der Waals surface area (Å²) >= 11 is 5.91. The van der Waals surface area contributed by atoms with Gasteiger partial charge in [-0.2, -0.15) is 0 Å². The van der Waals surface area contributed by atoms with E-state index in [-0.39, 0.29) is 0 Å². The van der Waals surface area contributed by atoms with Gasteiger partial charge in [-0.05, 0) is 36.0 Å². The van der Waals surface area contributed by atoms with Crippen LogP contribution < -0.4 is 5.32 Å². The van der Waals surface area contributed by atoms with Crippen LogP contribution in [-0.4, -0.2) is 12.2 Å². The summed E-state index contributed by atoms with van der Waals surface area (Å²) in [5, 5.41) is 15.6. The van der Waals surface area contributed by atoms with E-state index in [2.05, 4.69) is 5.32 Å². The highest BCUT2D eigenvalue weighted by molar-refractivity contribution is 6.31. The normalized spacial score (nSPS) is 10.8. The molecule has 0 aliphatic carbocycles. The Morgan fingerprint density at radius 2 is 2.07 bits per heavy atom. The van der Waals surface area contributed by atoms with Gasteiger partial charge in [-0.15, -0.1) is 0 Å². The van der Waals surface area contributed by atoms with Crippen LogP contribution in [0, 0.1) is 0 Å². The Bertz CT molecular complexity index is 496. The molecule has 0 saturated carbocycles. The first-order chi connectivity index (χ1) is 7.22. The van der Waals surface area contributed by atoms with Crippen LogP contribution in [0.4, 0.5) is 0 Å². The quantitative estimate of drug-likeness (QED) is 0.818. The molecule has 3 heteroatoms. The second kappa shape index (κ2) is 4.09. The SMILES string of the molecule is CNCc1c(O)ccc2cc(Cl)ccc12. The molecule has 2 aromatic rings. The van der Waals surface area contributed by atoms with Crippen molar-refractivity contribution in [1.29, 1.82) is 0 Å². The van der Waals surface area contributed by atoms with Crippen LogP contribution in [-0.2, 0) is 6.54 Å². The molecule has 78 valence electrons. The fourth-order valence-electron chi connectivity index (χ4n) is 1.72. The topological polar surface area (TPSA) is 32.3 Å². The molecule has 0 aromatic heterocycles. The van der Waals surface area contributed by atoms with Gasteiger partial charge < -0.3 is 10.4 Å². The molecular weight excluding hydrogens is 210 g/mol. The van der Waals surface area contributed by atoms with E-state index >= 15 is 0 Å². The smallest absolute Gasteiger partial charge is 0.120 e. The molecule has 0 aliphatic rings. The highest BCUT2D eigenvalue weighted by atomic mass is 35.5. The molecule has 0 heterocycles. The Balaban J connectivity index is 2.70. The summed E-state index contributed by atoms with van der Waals surface area (Å²) in [5.41, 5.74) is 0.909. The van der Waals surface area contributed by atoms with Crippen molar-refractivity contribution in [3.63, 3.8) is 0 Å². The third kappa shape index (κ3) is 1.91. The lowest BCUT2D eigenvalue weighted by Gasteiger charge is -2.08. The van der Waals surface area contributed by atoms with Crippen LogP contribution in [0.2, 0.25) is 5.02 Å². The lowest BCUT2D eigenvalue weighted by Crippen LogP contribution is -2.05. The van der Waals surface area contributed by atoms with Crippen molar-refractivity contribution in [1.82, 2.24) is 5.32 Å². The minimum absolute atomic E-state index is 0.319. The number of halogens is 1. The van der Waals surface area contributed by atoms with Crippen molar-refractivity contribution >= 4 is 22.4 Å². The van der Waals surface area contributed by atoms with Crippen LogP contribution in [0.25, 0.3) is 10.8 Å². The van der Waals surface area contributed by atoms with Crippen LogP contribution in [0.1, 0.15) is 5.56 Å². The summed E-state index contributed by atoms with van der Waals surface area (Å²) in [4.78, 5) is 0. The number of rotatable bonds is 2. The second-order valence-corrected chi connectivity index (χ2v) is 3.90. The highest BCUT2D eigenvalue weighted by Crippen LogP contribution is 2.28. The summed E-state index contributed by atoms with van der Waals surface area (Å²) in [7, 11) is 1.86. The third-order valence-corrected chi connectivity index (χ3v) is 2.66. The Morgan fingerprint density at radius 1 is 1.27 bits per heavy atom. The molecule has 0 bridgehead atoms. The number of fused-ring (bicyclic) bond motifs is 1. The van der Waals surface area contributed by atoms with E-state index in [0.717, 1.165) is 16.3 Å². The molecule has 2 aromatic carbocycles. The van der Waals surface area contributed by atoms with Gasteiger partial charge >= 0.3 is 0 Å². The molecule has 0 atom stereocenters. The molecule has 0 unspecified atom stereocenters. The van der Waals surface area contributed by atoms with E-state index in [1.54, 1.807) is 6.07 Å². The molecule has 0 spiro atoms. The second-order valence-electron chi connectivity index (χ2n) is 3.46. The predicted molar refractivity (Wildman–Crippen MR) is 63.4 cm³/mol. The molecule has 2 nitrogen and oxygen atoms in total. The molecule has 2 rings (SSSR count). The van der Waals surface area contributed by atoms with E-state index in [9.17, 15) is 5.11 Å². The molecule has 0 saturated heterocycles. The van der Waals surface area contributed by atoms with Crippen molar-refractivity contribution in [3.05, 3.63) is 40.9 Å². The minimum atomic E-state index is 0.319. The third-order valence-electron chi connectivity index (χ3n) is 2.42. The number of hydrogen-bond acceptors (Lipinski definition) is 2. The van der Waals surface area contributed by atoms with Crippen LogP contribution >= 0.6 is 11.6 Å². The Labute approximate surface area is 93.5 Å². The van der Waals surface area contributed by atoms with Crippen molar-refractivity contribution in [3.8, 4) is 5.75 Å². The molecule has 15 heavy (non-hydrogen) atoms. The largest absolute Gasteiger partial charge is 0.508 e. The molecule has 0 fully saturated rings. The van der Waals surface area contributed by atoms with Crippen LogP contribution in [0.5, 0.6) is 5.75 Å². The maximum absolute atomic E-state index is 9.74. The zero-order valence-corrected chi connectivity index (χ0v) is 9.17. The van der Waals surface area contributed by atoms with E-state index in [1.807, 2.05) is 31.3 Å². The van der Waals surface area contributed by atoms with Crippen molar-refractivity contribution in [2.45, 2.75) is 6.54 Å². The van der Waals surface area contributed by atoms with Gasteiger partial charge in [-0.1, -0.05) is 23.7 Å². The van der Waals surface area contributed by atoms with Crippen molar-refractivity contribution in [2.75, 3.05) is 7.05 Å². The Morgan fingerprint density at radius 3 is 2.80 bits per heavy atom. The van der Waals surface area contributed by atoms with Crippen molar-refractivity contribution < 1.29 is 5.11 Å². The van der Waals surface area contributed by atoms with E-state index < -0.39 is 0 Å². The maximum Gasteiger partial charge on any atom is 0.120 e. The molecule has 0 amide bonds. The summed E-state index contributed by atoms with van der Waals surface area (Å²) in [6, 6.07) is 9.24. The summed E-state index contributed by atoms with van der Waals surface area (Å²) in [6.45, 7) is 0.644. The monoisotopic (exact) mass is 221 g/mol. The van der Waals surface area contributed by atoms with Gasteiger partial charge in [0.1, 0.15) is 5.75 Å². The first kappa shape index (κ1) is 10.3. The summed E-state index contributed by atoms with van der Waals surface area (Å²) in [5.74, 6) is 0.319. The standard InChI is InChI=1S/C12H12ClNO/c1-14-7-11-10-4-3-9(13)6-8(10)2-5-12(11)15/h2-6,14-15H,7H2,1H3. The fraction of sp³-hybridized carbons (Fsp3) is 0.167. The average molecular weight is 222 g/mol. The first-order valence-electron chi connectivity index (χ1n) is 4.77. The van der Waals surface area contributed by atoms with E-state index in [0.29, 0.717) is 17.3 Å². The number of benzene rings is 2. The van der Waals surface area contributed by atoms with Gasteiger partial charge in [0.05, 0.1) is 0 Å².